The topological polar surface area (TPSA) is 108 Å². The van der Waals surface area contributed by atoms with Crippen molar-refractivity contribution in [3.05, 3.63) is 70.2 Å². The van der Waals surface area contributed by atoms with Gasteiger partial charge in [0.2, 0.25) is 0 Å². The summed E-state index contributed by atoms with van der Waals surface area (Å²) in [7, 11) is 1.47. The van der Waals surface area contributed by atoms with E-state index in [2.05, 4.69) is 5.32 Å². The third kappa shape index (κ3) is 10.2. The first-order valence-corrected chi connectivity index (χ1v) is 13.9. The van der Waals surface area contributed by atoms with Crippen molar-refractivity contribution in [2.75, 3.05) is 26.7 Å². The van der Waals surface area contributed by atoms with Crippen LogP contribution in [0.5, 0.6) is 0 Å². The van der Waals surface area contributed by atoms with Crippen LogP contribution in [0.25, 0.3) is 0 Å². The molecule has 1 fully saturated rings. The van der Waals surface area contributed by atoms with E-state index >= 15 is 0 Å². The number of hydrogen-bond acceptors (Lipinski definition) is 4. The Hall–Kier alpha value is -3.31. The number of hydrogen-bond donors (Lipinski definition) is 3. The van der Waals surface area contributed by atoms with Crippen LogP contribution in [0.15, 0.2) is 48.5 Å². The number of rotatable bonds is 12. The fraction of sp³-hybridized carbons (Fsp3) is 0.483. The van der Waals surface area contributed by atoms with Crippen LogP contribution in [0.3, 0.4) is 0 Å². The summed E-state index contributed by atoms with van der Waals surface area (Å²) >= 11 is 6.16. The molecule has 0 aromatic heterocycles. The van der Waals surface area contributed by atoms with Crippen LogP contribution < -0.4 is 10.6 Å². The standard InChI is InChI=1S/C29H35ClF3N3O5/c1-36(28(39)40)18-24(15-19-7-3-2-4-8-19)35-26(37)22-11-5-9-20(16-22)25(21-10-6-12-23(30)17-21)41-14-13-34-27(38)29(31,32)33/h5-6,9-12,16-17,19,24-25H,2-4,7-8,13-15,18H2,1H3,(H,34,38)(H,35,37)(H,39,40). The van der Waals surface area contributed by atoms with Gasteiger partial charge in [-0.15, -0.1) is 0 Å². The summed E-state index contributed by atoms with van der Waals surface area (Å²) in [5.41, 5.74) is 1.47. The molecule has 1 aliphatic carbocycles. The number of halogens is 4. The summed E-state index contributed by atoms with van der Waals surface area (Å²) in [6, 6.07) is 13.0. The molecule has 41 heavy (non-hydrogen) atoms. The van der Waals surface area contributed by atoms with E-state index in [1.54, 1.807) is 53.8 Å². The maximum Gasteiger partial charge on any atom is 0.471 e. The predicted molar refractivity (Wildman–Crippen MR) is 148 cm³/mol. The molecule has 2 aromatic rings. The van der Waals surface area contributed by atoms with E-state index in [9.17, 15) is 32.7 Å². The molecular weight excluding hydrogens is 563 g/mol. The van der Waals surface area contributed by atoms with Gasteiger partial charge in [-0.3, -0.25) is 9.59 Å². The second-order valence-corrected chi connectivity index (χ2v) is 10.7. The van der Waals surface area contributed by atoms with Crippen molar-refractivity contribution in [2.45, 2.75) is 56.8 Å². The molecule has 1 saturated carbocycles. The highest BCUT2D eigenvalue weighted by Gasteiger charge is 2.38. The van der Waals surface area contributed by atoms with E-state index in [1.807, 2.05) is 0 Å². The van der Waals surface area contributed by atoms with Crippen LogP contribution in [0.1, 0.15) is 66.1 Å². The van der Waals surface area contributed by atoms with Gasteiger partial charge in [0, 0.05) is 36.8 Å². The number of nitrogens with zero attached hydrogens (tertiary/aromatic N) is 1. The maximum atomic E-state index is 13.3. The number of ether oxygens (including phenoxy) is 1. The van der Waals surface area contributed by atoms with Gasteiger partial charge in [-0.05, 0) is 47.7 Å². The van der Waals surface area contributed by atoms with Crippen molar-refractivity contribution in [3.63, 3.8) is 0 Å². The molecule has 1 aliphatic rings. The normalized spacial score (nSPS) is 15.5. The van der Waals surface area contributed by atoms with Gasteiger partial charge in [0.25, 0.3) is 5.91 Å². The number of amides is 3. The summed E-state index contributed by atoms with van der Waals surface area (Å²) < 4.78 is 43.5. The molecule has 0 bridgehead atoms. The number of benzene rings is 2. The van der Waals surface area contributed by atoms with Crippen molar-refractivity contribution in [3.8, 4) is 0 Å². The fourth-order valence-corrected chi connectivity index (χ4v) is 5.22. The van der Waals surface area contributed by atoms with E-state index in [1.165, 1.54) is 13.5 Å². The molecule has 2 atom stereocenters. The van der Waals surface area contributed by atoms with E-state index < -0.39 is 24.3 Å². The molecule has 0 heterocycles. The Morgan fingerprint density at radius 1 is 1.07 bits per heavy atom. The number of carboxylic acid groups (broad SMARTS) is 1. The van der Waals surface area contributed by atoms with Crippen LogP contribution in [-0.2, 0) is 9.53 Å². The van der Waals surface area contributed by atoms with Crippen molar-refractivity contribution in [1.29, 1.82) is 0 Å². The van der Waals surface area contributed by atoms with Gasteiger partial charge in [-0.25, -0.2) is 4.79 Å². The van der Waals surface area contributed by atoms with E-state index in [0.717, 1.165) is 30.6 Å². The van der Waals surface area contributed by atoms with Crippen LogP contribution in [0, 0.1) is 5.92 Å². The minimum absolute atomic E-state index is 0.148. The smallest absolute Gasteiger partial charge is 0.465 e. The van der Waals surface area contributed by atoms with Gasteiger partial charge in [0.05, 0.1) is 6.61 Å². The summed E-state index contributed by atoms with van der Waals surface area (Å²) in [6.07, 6.45) is -0.701. The lowest BCUT2D eigenvalue weighted by atomic mass is 9.84. The number of carbonyl (C=O) groups is 3. The Labute approximate surface area is 242 Å². The summed E-state index contributed by atoms with van der Waals surface area (Å²) in [4.78, 5) is 37.1. The molecule has 8 nitrogen and oxygen atoms in total. The molecule has 3 N–H and O–H groups in total. The molecular formula is C29H35ClF3N3O5. The van der Waals surface area contributed by atoms with E-state index in [4.69, 9.17) is 16.3 Å². The van der Waals surface area contributed by atoms with Gasteiger partial charge in [-0.1, -0.05) is 68.0 Å². The Bertz CT molecular complexity index is 1190. The average Bonchev–Trinajstić information content (AvgIpc) is 2.92. The van der Waals surface area contributed by atoms with Crippen LogP contribution in [0.2, 0.25) is 5.02 Å². The molecule has 0 saturated heterocycles. The zero-order valence-corrected chi connectivity index (χ0v) is 23.5. The number of nitrogens with one attached hydrogen (secondary N) is 2. The summed E-state index contributed by atoms with van der Waals surface area (Å²) in [5, 5.41) is 14.6. The zero-order chi connectivity index (χ0) is 30.0. The van der Waals surface area contributed by atoms with Crippen LogP contribution >= 0.6 is 11.6 Å². The third-order valence-corrected chi connectivity index (χ3v) is 7.27. The van der Waals surface area contributed by atoms with E-state index in [-0.39, 0.29) is 31.6 Å². The van der Waals surface area contributed by atoms with Gasteiger partial charge >= 0.3 is 18.2 Å². The molecule has 12 heteroatoms. The largest absolute Gasteiger partial charge is 0.471 e. The summed E-state index contributed by atoms with van der Waals surface area (Å²) in [5.74, 6) is -2.04. The molecule has 0 radical (unpaired) electrons. The quantitative estimate of drug-likeness (QED) is 0.268. The third-order valence-electron chi connectivity index (χ3n) is 7.03. The number of likely N-dealkylation sites (N-methyl/N-ethyl adjacent to an activating group) is 1. The average molecular weight is 598 g/mol. The Balaban J connectivity index is 1.77. The maximum absolute atomic E-state index is 13.3. The second kappa shape index (κ2) is 15.1. The molecule has 2 unspecified atom stereocenters. The Morgan fingerprint density at radius 2 is 1.73 bits per heavy atom. The first-order valence-electron chi connectivity index (χ1n) is 13.5. The van der Waals surface area contributed by atoms with Crippen LogP contribution in [-0.4, -0.2) is 66.9 Å². The monoisotopic (exact) mass is 597 g/mol. The minimum Gasteiger partial charge on any atom is -0.465 e. The molecule has 3 amide bonds. The van der Waals surface area contributed by atoms with Crippen molar-refractivity contribution in [2.24, 2.45) is 5.92 Å². The summed E-state index contributed by atoms with van der Waals surface area (Å²) in [6.45, 7) is -0.467. The first-order chi connectivity index (χ1) is 19.4. The first kappa shape index (κ1) is 32.2. The minimum atomic E-state index is -5.00. The van der Waals surface area contributed by atoms with Gasteiger partial charge in [-0.2, -0.15) is 13.2 Å². The Kier molecular flexibility index (Phi) is 11.8. The molecule has 2 aromatic carbocycles. The lowest BCUT2D eigenvalue weighted by molar-refractivity contribution is -0.173. The van der Waals surface area contributed by atoms with E-state index in [0.29, 0.717) is 34.1 Å². The predicted octanol–water partition coefficient (Wildman–Crippen LogP) is 5.80. The van der Waals surface area contributed by atoms with Gasteiger partial charge in [0.15, 0.2) is 0 Å². The van der Waals surface area contributed by atoms with Crippen molar-refractivity contribution >= 4 is 29.5 Å². The SMILES string of the molecule is CN(CC(CC1CCCCC1)NC(=O)c1cccc(C(OCCNC(=O)C(F)(F)F)c2cccc(Cl)c2)c1)C(=O)O. The fourth-order valence-electron chi connectivity index (χ4n) is 5.02. The van der Waals surface area contributed by atoms with Gasteiger partial charge < -0.3 is 25.4 Å². The highest BCUT2D eigenvalue weighted by Crippen LogP contribution is 2.30. The molecule has 0 spiro atoms. The highest BCUT2D eigenvalue weighted by molar-refractivity contribution is 6.30. The lowest BCUT2D eigenvalue weighted by Gasteiger charge is -2.29. The lowest BCUT2D eigenvalue weighted by Crippen LogP contribution is -2.45. The molecule has 0 aliphatic heterocycles. The zero-order valence-electron chi connectivity index (χ0n) is 22.8. The highest BCUT2D eigenvalue weighted by atomic mass is 35.5. The molecule has 224 valence electrons. The Morgan fingerprint density at radius 3 is 2.37 bits per heavy atom. The van der Waals surface area contributed by atoms with Crippen molar-refractivity contribution < 1.29 is 37.4 Å². The van der Waals surface area contributed by atoms with Crippen LogP contribution in [0.4, 0.5) is 18.0 Å². The van der Waals surface area contributed by atoms with Gasteiger partial charge in [0.1, 0.15) is 6.10 Å². The second-order valence-electron chi connectivity index (χ2n) is 10.3. The number of carbonyl (C=O) groups excluding carboxylic acids is 2. The number of alkyl halides is 3. The molecule has 3 rings (SSSR count). The van der Waals surface area contributed by atoms with Crippen molar-refractivity contribution in [1.82, 2.24) is 15.5 Å².